The molecule has 0 N–H and O–H groups in total. The van der Waals surface area contributed by atoms with E-state index in [9.17, 15) is 0 Å². The van der Waals surface area contributed by atoms with Crippen molar-refractivity contribution >= 4 is 20.9 Å². The number of benzene rings is 1. The van der Waals surface area contributed by atoms with Crippen LogP contribution in [0.4, 0.5) is 0 Å². The van der Waals surface area contributed by atoms with Crippen LogP contribution < -0.4 is 4.74 Å². The molecule has 13 heavy (non-hydrogen) atoms. The molecular weight excluding hydrogens is 276 g/mol. The van der Waals surface area contributed by atoms with Crippen LogP contribution in [0.1, 0.15) is 19.3 Å². The molecule has 1 nitrogen and oxygen atoms in total. The first-order valence-electron chi connectivity index (χ1n) is 4.78. The molecule has 0 radical (unpaired) electrons. The van der Waals surface area contributed by atoms with E-state index in [-0.39, 0.29) is 20.9 Å². The Bertz CT molecular complexity index is 242. The summed E-state index contributed by atoms with van der Waals surface area (Å²) in [7, 11) is 0. The molecule has 1 aliphatic rings. The number of hydrogen-bond donors (Lipinski definition) is 0. The molecule has 1 atom stereocenters. The van der Waals surface area contributed by atoms with Gasteiger partial charge in [-0.15, -0.1) is 0 Å². The van der Waals surface area contributed by atoms with Crippen molar-refractivity contribution in [3.63, 3.8) is 0 Å². The molecule has 0 aliphatic carbocycles. The maximum atomic E-state index is 5.91. The van der Waals surface area contributed by atoms with E-state index >= 15 is 0 Å². The Kier molecular flexibility index (Phi) is 3.52. The van der Waals surface area contributed by atoms with Crippen LogP contribution in [-0.2, 0) is 0 Å². The van der Waals surface area contributed by atoms with Crippen molar-refractivity contribution in [3.8, 4) is 5.75 Å². The Morgan fingerprint density at radius 3 is 2.69 bits per heavy atom. The second kappa shape index (κ2) is 4.88. The second-order valence-electron chi connectivity index (χ2n) is 3.23. The van der Waals surface area contributed by atoms with Crippen molar-refractivity contribution in [2.75, 3.05) is 0 Å². The molecule has 70 valence electrons. The quantitative estimate of drug-likeness (QED) is 0.761. The fraction of sp³-hybridized carbons (Fsp3) is 0.455. The van der Waals surface area contributed by atoms with Gasteiger partial charge in [0.15, 0.2) is 0 Å². The van der Waals surface area contributed by atoms with Crippen LogP contribution in [0.25, 0.3) is 0 Å². The van der Waals surface area contributed by atoms with Crippen molar-refractivity contribution in [1.82, 2.24) is 0 Å². The Hall–Kier alpha value is -0.190. The summed E-state index contributed by atoms with van der Waals surface area (Å²) >= 11 is 0.132. The van der Waals surface area contributed by atoms with E-state index in [1.54, 1.807) is 0 Å². The number of rotatable bonds is 2. The number of para-hydroxylation sites is 1. The summed E-state index contributed by atoms with van der Waals surface area (Å²) < 4.78 is 7.97. The van der Waals surface area contributed by atoms with E-state index in [1.165, 1.54) is 23.7 Å². The Balaban J connectivity index is 1.90. The van der Waals surface area contributed by atoms with Gasteiger partial charge >= 0.3 is 89.6 Å². The molecule has 1 aromatic carbocycles. The number of hydrogen-bond acceptors (Lipinski definition) is 1. The van der Waals surface area contributed by atoms with Crippen LogP contribution in [0.2, 0.25) is 4.47 Å². The van der Waals surface area contributed by atoms with Crippen LogP contribution in [0.15, 0.2) is 30.3 Å². The van der Waals surface area contributed by atoms with Gasteiger partial charge in [0.25, 0.3) is 0 Å². The van der Waals surface area contributed by atoms with Gasteiger partial charge in [0, 0.05) is 0 Å². The Labute approximate surface area is 89.6 Å². The summed E-state index contributed by atoms with van der Waals surface area (Å²) in [5.41, 5.74) is 0. The Morgan fingerprint density at radius 1 is 1.15 bits per heavy atom. The molecule has 0 bridgehead atoms. The zero-order chi connectivity index (χ0) is 8.93. The first-order valence-corrected chi connectivity index (χ1v) is 7.78. The van der Waals surface area contributed by atoms with E-state index < -0.39 is 0 Å². The molecule has 0 saturated carbocycles. The standard InChI is InChI=1S/C11H14OTe/c1-2-6-10(7-3-1)12-11-8-4-5-9-13-11/h1-3,6-7,11H,4-5,8-9H2. The van der Waals surface area contributed by atoms with Gasteiger partial charge in [-0.2, -0.15) is 0 Å². The third-order valence-corrected chi connectivity index (χ3v) is 5.65. The molecule has 1 aromatic rings. The fourth-order valence-electron chi connectivity index (χ4n) is 1.45. The summed E-state index contributed by atoms with van der Waals surface area (Å²) in [4.78, 5) is 0. The third kappa shape index (κ3) is 2.90. The third-order valence-electron chi connectivity index (χ3n) is 2.15. The normalized spacial score (nSPS) is 22.6. The second-order valence-corrected chi connectivity index (χ2v) is 6.84. The molecule has 1 saturated heterocycles. The van der Waals surface area contributed by atoms with E-state index in [1.807, 2.05) is 18.2 Å². The first-order chi connectivity index (χ1) is 6.45. The molecule has 2 heteroatoms. The van der Waals surface area contributed by atoms with Gasteiger partial charge in [0.1, 0.15) is 0 Å². The van der Waals surface area contributed by atoms with Crippen LogP contribution in [0, 0.1) is 0 Å². The van der Waals surface area contributed by atoms with Gasteiger partial charge in [0.2, 0.25) is 0 Å². The van der Waals surface area contributed by atoms with Crippen molar-refractivity contribution in [2.45, 2.75) is 27.9 Å². The van der Waals surface area contributed by atoms with Gasteiger partial charge in [0.05, 0.1) is 0 Å². The topological polar surface area (TPSA) is 9.23 Å². The zero-order valence-corrected chi connectivity index (χ0v) is 9.94. The van der Waals surface area contributed by atoms with E-state index in [4.69, 9.17) is 4.74 Å². The summed E-state index contributed by atoms with van der Waals surface area (Å²) in [6.07, 6.45) is 4.09. The summed E-state index contributed by atoms with van der Waals surface area (Å²) in [5.74, 6) is 1.06. The van der Waals surface area contributed by atoms with Crippen molar-refractivity contribution < 1.29 is 4.74 Å². The van der Waals surface area contributed by atoms with Gasteiger partial charge in [-0.25, -0.2) is 0 Å². The first kappa shape index (κ1) is 9.37. The van der Waals surface area contributed by atoms with E-state index in [2.05, 4.69) is 12.1 Å². The predicted molar refractivity (Wildman–Crippen MR) is 55.3 cm³/mol. The van der Waals surface area contributed by atoms with Crippen LogP contribution >= 0.6 is 0 Å². The molecule has 0 spiro atoms. The van der Waals surface area contributed by atoms with Crippen LogP contribution in [0.3, 0.4) is 0 Å². The zero-order valence-electron chi connectivity index (χ0n) is 7.61. The predicted octanol–water partition coefficient (Wildman–Crippen LogP) is 2.70. The van der Waals surface area contributed by atoms with E-state index in [0.717, 1.165) is 5.75 Å². The maximum absolute atomic E-state index is 5.91. The van der Waals surface area contributed by atoms with Crippen LogP contribution in [-0.4, -0.2) is 25.1 Å². The molecular formula is C11H14OTe. The fourth-order valence-corrected chi connectivity index (χ4v) is 4.73. The summed E-state index contributed by atoms with van der Waals surface area (Å²) in [6, 6.07) is 10.2. The molecule has 1 fully saturated rings. The van der Waals surface area contributed by atoms with Crippen molar-refractivity contribution in [2.24, 2.45) is 0 Å². The van der Waals surface area contributed by atoms with Gasteiger partial charge < -0.3 is 0 Å². The van der Waals surface area contributed by atoms with Gasteiger partial charge in [-0.1, -0.05) is 0 Å². The average Bonchev–Trinajstić information content (AvgIpc) is 2.21. The summed E-state index contributed by atoms with van der Waals surface area (Å²) in [5, 5.41) is 0. The summed E-state index contributed by atoms with van der Waals surface area (Å²) in [6.45, 7) is 0. The molecule has 2 rings (SSSR count). The Morgan fingerprint density at radius 2 is 2.00 bits per heavy atom. The molecule has 0 aromatic heterocycles. The van der Waals surface area contributed by atoms with Crippen molar-refractivity contribution in [3.05, 3.63) is 30.3 Å². The van der Waals surface area contributed by atoms with Gasteiger partial charge in [-0.3, -0.25) is 0 Å². The van der Waals surface area contributed by atoms with E-state index in [0.29, 0.717) is 4.15 Å². The van der Waals surface area contributed by atoms with Crippen molar-refractivity contribution in [1.29, 1.82) is 0 Å². The molecule has 1 unspecified atom stereocenters. The minimum absolute atomic E-state index is 0.132. The SMILES string of the molecule is c1ccc(OC2CCCC[Te]2)cc1. The number of ether oxygens (including phenoxy) is 1. The van der Waals surface area contributed by atoms with Crippen LogP contribution in [0.5, 0.6) is 5.75 Å². The van der Waals surface area contributed by atoms with Gasteiger partial charge in [-0.05, 0) is 0 Å². The average molecular weight is 290 g/mol. The molecule has 0 amide bonds. The molecule has 1 heterocycles. The molecule has 1 aliphatic heterocycles. The minimum atomic E-state index is 0.132. The monoisotopic (exact) mass is 292 g/mol.